The number of hydrogen-bond donors (Lipinski definition) is 1. The van der Waals surface area contributed by atoms with Crippen molar-refractivity contribution >= 4 is 11.8 Å². The predicted molar refractivity (Wildman–Crippen MR) is 95.9 cm³/mol. The molecule has 24 heavy (non-hydrogen) atoms. The number of carbonyl (C=O) groups is 2. The van der Waals surface area contributed by atoms with Crippen LogP contribution in [-0.2, 0) is 16.0 Å². The van der Waals surface area contributed by atoms with Crippen LogP contribution in [-0.4, -0.2) is 16.9 Å². The van der Waals surface area contributed by atoms with Gasteiger partial charge in [-0.05, 0) is 29.5 Å². The highest BCUT2D eigenvalue weighted by Gasteiger charge is 2.05. The second-order valence-corrected chi connectivity index (χ2v) is 6.09. The van der Waals surface area contributed by atoms with Crippen LogP contribution in [0, 0.1) is 0 Å². The Labute approximate surface area is 143 Å². The summed E-state index contributed by atoms with van der Waals surface area (Å²) >= 11 is 0. The van der Waals surface area contributed by atoms with Gasteiger partial charge in [-0.2, -0.15) is 0 Å². The maximum absolute atomic E-state index is 12.0. The van der Waals surface area contributed by atoms with E-state index < -0.39 is 5.97 Å². The van der Waals surface area contributed by atoms with Gasteiger partial charge in [0.05, 0.1) is 0 Å². The Morgan fingerprint density at radius 2 is 1.29 bits per heavy atom. The van der Waals surface area contributed by atoms with Crippen LogP contribution in [0.15, 0.2) is 54.6 Å². The molecule has 0 amide bonds. The van der Waals surface area contributed by atoms with Crippen LogP contribution in [0.5, 0.6) is 0 Å². The molecule has 0 heterocycles. The van der Waals surface area contributed by atoms with Gasteiger partial charge in [0.2, 0.25) is 0 Å². The number of carboxylic acids is 1. The van der Waals surface area contributed by atoms with Gasteiger partial charge < -0.3 is 5.11 Å². The molecular weight excluding hydrogens is 300 g/mol. The summed E-state index contributed by atoms with van der Waals surface area (Å²) in [5, 5.41) is 8.56. The first-order chi connectivity index (χ1) is 11.6. The smallest absolute Gasteiger partial charge is 0.303 e. The third-order valence-electron chi connectivity index (χ3n) is 4.06. The zero-order valence-corrected chi connectivity index (χ0v) is 13.9. The number of aliphatic carboxylic acids is 1. The van der Waals surface area contributed by atoms with Gasteiger partial charge in [0.1, 0.15) is 5.78 Å². The molecule has 0 spiro atoms. The van der Waals surface area contributed by atoms with E-state index >= 15 is 0 Å². The average molecular weight is 324 g/mol. The van der Waals surface area contributed by atoms with Crippen LogP contribution in [0.1, 0.15) is 44.1 Å². The molecule has 2 rings (SSSR count). The number of carboxylic acid groups (broad SMARTS) is 1. The normalized spacial score (nSPS) is 10.5. The predicted octanol–water partition coefficient (Wildman–Crippen LogP) is 4.89. The number of Topliss-reactive ketones (excluding diaryl/α,β-unsaturated/α-hetero) is 1. The van der Waals surface area contributed by atoms with Gasteiger partial charge in [-0.15, -0.1) is 0 Å². The minimum absolute atomic E-state index is 0.224. The summed E-state index contributed by atoms with van der Waals surface area (Å²) in [5.74, 6) is -0.495. The second-order valence-electron chi connectivity index (χ2n) is 6.09. The van der Waals surface area contributed by atoms with E-state index in [2.05, 4.69) is 24.3 Å². The molecule has 0 saturated carbocycles. The molecule has 0 bridgehead atoms. The summed E-state index contributed by atoms with van der Waals surface area (Å²) in [6, 6.07) is 18.3. The van der Waals surface area contributed by atoms with Crippen LogP contribution in [0.3, 0.4) is 0 Å². The summed E-state index contributed by atoms with van der Waals surface area (Å²) in [7, 11) is 0. The number of carbonyl (C=O) groups excluding carboxylic acids is 1. The second kappa shape index (κ2) is 9.66. The van der Waals surface area contributed by atoms with Gasteiger partial charge in [0.25, 0.3) is 0 Å². The molecule has 3 heteroatoms. The quantitative estimate of drug-likeness (QED) is 0.633. The number of rotatable bonds is 10. The Morgan fingerprint density at radius 1 is 0.708 bits per heavy atom. The molecule has 2 aromatic rings. The maximum atomic E-state index is 12.0. The largest absolute Gasteiger partial charge is 0.481 e. The van der Waals surface area contributed by atoms with Gasteiger partial charge in [0.15, 0.2) is 0 Å². The lowest BCUT2D eigenvalue weighted by atomic mass is 10.00. The lowest BCUT2D eigenvalue weighted by molar-refractivity contribution is -0.137. The maximum Gasteiger partial charge on any atom is 0.303 e. The molecule has 0 unspecified atom stereocenters. The molecule has 0 atom stereocenters. The van der Waals surface area contributed by atoms with E-state index in [1.54, 1.807) is 0 Å². The van der Waals surface area contributed by atoms with Gasteiger partial charge in [-0.1, -0.05) is 67.4 Å². The summed E-state index contributed by atoms with van der Waals surface area (Å²) in [4.78, 5) is 22.4. The van der Waals surface area contributed by atoms with Gasteiger partial charge in [-0.25, -0.2) is 0 Å². The van der Waals surface area contributed by atoms with Gasteiger partial charge >= 0.3 is 5.97 Å². The molecule has 2 aromatic carbocycles. The Kier molecular flexibility index (Phi) is 7.21. The monoisotopic (exact) mass is 324 g/mol. The lowest BCUT2D eigenvalue weighted by Crippen LogP contribution is -2.02. The molecular formula is C21H24O3. The molecule has 0 saturated heterocycles. The highest BCUT2D eigenvalue weighted by molar-refractivity contribution is 5.81. The van der Waals surface area contributed by atoms with E-state index in [0.29, 0.717) is 19.3 Å². The zero-order chi connectivity index (χ0) is 17.2. The van der Waals surface area contributed by atoms with Crippen molar-refractivity contribution in [3.8, 4) is 11.1 Å². The Balaban J connectivity index is 1.71. The van der Waals surface area contributed by atoms with E-state index in [1.807, 2.05) is 30.3 Å². The fourth-order valence-electron chi connectivity index (χ4n) is 2.71. The van der Waals surface area contributed by atoms with Crippen LogP contribution < -0.4 is 0 Å². The zero-order valence-electron chi connectivity index (χ0n) is 13.9. The van der Waals surface area contributed by atoms with Crippen molar-refractivity contribution in [2.75, 3.05) is 0 Å². The third kappa shape index (κ3) is 6.37. The standard InChI is InChI=1S/C21H24O3/c22-20(10-6-1-2-7-11-21(23)24)16-17-12-14-19(15-13-17)18-8-4-3-5-9-18/h3-5,8-9,12-15H,1-2,6-7,10-11,16H2,(H,23,24). The summed E-state index contributed by atoms with van der Waals surface area (Å²) < 4.78 is 0. The minimum Gasteiger partial charge on any atom is -0.481 e. The lowest BCUT2D eigenvalue weighted by Gasteiger charge is -2.05. The summed E-state index contributed by atoms with van der Waals surface area (Å²) in [6.07, 6.45) is 4.63. The SMILES string of the molecule is O=C(O)CCCCCCC(=O)Cc1ccc(-c2ccccc2)cc1. The van der Waals surface area contributed by atoms with Crippen LogP contribution in [0.4, 0.5) is 0 Å². The fraction of sp³-hybridized carbons (Fsp3) is 0.333. The molecule has 0 aliphatic carbocycles. The van der Waals surface area contributed by atoms with Crippen molar-refractivity contribution in [1.82, 2.24) is 0 Å². The average Bonchev–Trinajstić information content (AvgIpc) is 2.59. The summed E-state index contributed by atoms with van der Waals surface area (Å²) in [6.45, 7) is 0. The van der Waals surface area contributed by atoms with Crippen LogP contribution >= 0.6 is 0 Å². The first kappa shape index (κ1) is 17.9. The van der Waals surface area contributed by atoms with Crippen LogP contribution in [0.2, 0.25) is 0 Å². The minimum atomic E-state index is -0.745. The highest BCUT2D eigenvalue weighted by Crippen LogP contribution is 2.19. The van der Waals surface area contributed by atoms with Crippen molar-refractivity contribution < 1.29 is 14.7 Å². The Morgan fingerprint density at radius 3 is 1.92 bits per heavy atom. The van der Waals surface area contributed by atoms with Crippen molar-refractivity contribution in [2.24, 2.45) is 0 Å². The number of ketones is 1. The van der Waals surface area contributed by atoms with Crippen LogP contribution in [0.25, 0.3) is 11.1 Å². The van der Waals surface area contributed by atoms with E-state index in [0.717, 1.165) is 30.4 Å². The van der Waals surface area contributed by atoms with Gasteiger partial charge in [0, 0.05) is 19.3 Å². The first-order valence-electron chi connectivity index (χ1n) is 8.53. The first-order valence-corrected chi connectivity index (χ1v) is 8.53. The Bertz CT molecular complexity index is 645. The highest BCUT2D eigenvalue weighted by atomic mass is 16.4. The summed E-state index contributed by atoms with van der Waals surface area (Å²) in [5.41, 5.74) is 3.38. The number of unbranched alkanes of at least 4 members (excludes halogenated alkanes) is 3. The van der Waals surface area contributed by atoms with Crippen molar-refractivity contribution in [3.05, 3.63) is 60.2 Å². The molecule has 126 valence electrons. The van der Waals surface area contributed by atoms with Crippen molar-refractivity contribution in [3.63, 3.8) is 0 Å². The molecule has 0 fully saturated rings. The third-order valence-corrected chi connectivity index (χ3v) is 4.06. The van der Waals surface area contributed by atoms with Crippen molar-refractivity contribution in [2.45, 2.75) is 44.9 Å². The van der Waals surface area contributed by atoms with E-state index in [-0.39, 0.29) is 12.2 Å². The molecule has 1 N–H and O–H groups in total. The molecule has 0 aliphatic rings. The van der Waals surface area contributed by atoms with Crippen molar-refractivity contribution in [1.29, 1.82) is 0 Å². The van der Waals surface area contributed by atoms with E-state index in [1.165, 1.54) is 5.56 Å². The molecule has 0 radical (unpaired) electrons. The fourth-order valence-corrected chi connectivity index (χ4v) is 2.71. The van der Waals surface area contributed by atoms with E-state index in [9.17, 15) is 9.59 Å². The molecule has 0 aliphatic heterocycles. The molecule has 3 nitrogen and oxygen atoms in total. The Hall–Kier alpha value is -2.42. The number of hydrogen-bond acceptors (Lipinski definition) is 2. The van der Waals surface area contributed by atoms with E-state index in [4.69, 9.17) is 5.11 Å². The topological polar surface area (TPSA) is 54.4 Å². The number of benzene rings is 2. The van der Waals surface area contributed by atoms with Gasteiger partial charge in [-0.3, -0.25) is 9.59 Å². The molecule has 0 aromatic heterocycles.